The van der Waals surface area contributed by atoms with Gasteiger partial charge in [-0.25, -0.2) is 9.78 Å². The molecule has 2 rings (SSSR count). The van der Waals surface area contributed by atoms with Crippen molar-refractivity contribution in [1.82, 2.24) is 4.98 Å². The van der Waals surface area contributed by atoms with Crippen molar-refractivity contribution >= 4 is 23.2 Å². The average Bonchev–Trinajstić information content (AvgIpc) is 2.47. The smallest absolute Gasteiger partial charge is 0.342 e. The fraction of sp³-hybridized carbons (Fsp3) is 0. The maximum atomic E-state index is 11.0. The predicted molar refractivity (Wildman–Crippen MR) is 72.3 cm³/mol. The Hall–Kier alpha value is -3.47. The van der Waals surface area contributed by atoms with Crippen LogP contribution < -0.4 is 5.32 Å². The lowest BCUT2D eigenvalue weighted by Gasteiger charge is -2.06. The summed E-state index contributed by atoms with van der Waals surface area (Å²) in [6.45, 7) is 0. The van der Waals surface area contributed by atoms with Gasteiger partial charge in [0.1, 0.15) is 17.6 Å². The minimum atomic E-state index is -1.41. The van der Waals surface area contributed by atoms with E-state index in [1.54, 1.807) is 24.3 Å². The third kappa shape index (κ3) is 3.10. The quantitative estimate of drug-likeness (QED) is 0.650. The molecule has 0 spiro atoms. The van der Waals surface area contributed by atoms with Crippen LogP contribution in [0.1, 0.15) is 15.9 Å². The van der Waals surface area contributed by atoms with Gasteiger partial charge in [0.2, 0.25) is 0 Å². The summed E-state index contributed by atoms with van der Waals surface area (Å²) in [6.07, 6.45) is 0.884. The summed E-state index contributed by atoms with van der Waals surface area (Å²) in [6, 6.07) is 9.42. The SMILES string of the molecule is N#Cc1ccc(Nc2cc(C(=O)O)c([N+](=O)[O-])cn2)cc1. The zero-order chi connectivity index (χ0) is 15.4. The van der Waals surface area contributed by atoms with Crippen molar-refractivity contribution in [2.24, 2.45) is 0 Å². The van der Waals surface area contributed by atoms with Gasteiger partial charge in [-0.2, -0.15) is 5.26 Å². The number of anilines is 2. The lowest BCUT2D eigenvalue weighted by Crippen LogP contribution is -2.05. The molecule has 0 saturated carbocycles. The number of benzene rings is 1. The molecule has 0 aliphatic rings. The van der Waals surface area contributed by atoms with Crippen molar-refractivity contribution in [2.45, 2.75) is 0 Å². The predicted octanol–water partition coefficient (Wildman–Crippen LogP) is 2.30. The van der Waals surface area contributed by atoms with Crippen LogP contribution in [0.25, 0.3) is 0 Å². The third-order valence-electron chi connectivity index (χ3n) is 2.60. The van der Waals surface area contributed by atoms with Crippen LogP contribution in [-0.2, 0) is 0 Å². The van der Waals surface area contributed by atoms with Crippen LogP contribution in [0.4, 0.5) is 17.2 Å². The zero-order valence-electron chi connectivity index (χ0n) is 10.5. The van der Waals surface area contributed by atoms with E-state index in [9.17, 15) is 14.9 Å². The second-order valence-corrected chi connectivity index (χ2v) is 3.96. The Kier molecular flexibility index (Phi) is 3.76. The maximum absolute atomic E-state index is 11.0. The molecule has 2 aromatic rings. The van der Waals surface area contributed by atoms with Crippen LogP contribution in [0.2, 0.25) is 0 Å². The molecule has 0 fully saturated rings. The maximum Gasteiger partial charge on any atom is 0.342 e. The first-order chi connectivity index (χ1) is 10.0. The van der Waals surface area contributed by atoms with E-state index in [4.69, 9.17) is 10.4 Å². The van der Waals surface area contributed by atoms with Crippen molar-refractivity contribution < 1.29 is 14.8 Å². The Labute approximate surface area is 118 Å². The minimum Gasteiger partial charge on any atom is -0.477 e. The Morgan fingerprint density at radius 3 is 2.57 bits per heavy atom. The highest BCUT2D eigenvalue weighted by atomic mass is 16.6. The van der Waals surface area contributed by atoms with Crippen LogP contribution in [0, 0.1) is 21.4 Å². The molecule has 1 heterocycles. The molecule has 8 heteroatoms. The van der Waals surface area contributed by atoms with Crippen LogP contribution >= 0.6 is 0 Å². The van der Waals surface area contributed by atoms with Crippen molar-refractivity contribution in [1.29, 1.82) is 5.26 Å². The topological polar surface area (TPSA) is 129 Å². The molecule has 0 saturated heterocycles. The molecule has 21 heavy (non-hydrogen) atoms. The summed E-state index contributed by atoms with van der Waals surface area (Å²) in [5.74, 6) is -1.25. The highest BCUT2D eigenvalue weighted by Gasteiger charge is 2.21. The lowest BCUT2D eigenvalue weighted by atomic mass is 10.2. The molecule has 2 N–H and O–H groups in total. The van der Waals surface area contributed by atoms with Gasteiger partial charge in [-0.15, -0.1) is 0 Å². The van der Waals surface area contributed by atoms with Crippen molar-refractivity contribution in [3.05, 3.63) is 57.8 Å². The monoisotopic (exact) mass is 284 g/mol. The van der Waals surface area contributed by atoms with E-state index in [1.165, 1.54) is 0 Å². The standard InChI is InChI=1S/C13H8N4O4/c14-6-8-1-3-9(4-2-8)16-12-5-10(13(18)19)11(7-15-12)17(20)21/h1-5,7H,(H,15,16)(H,18,19). The molecule has 1 aromatic heterocycles. The first-order valence-electron chi connectivity index (χ1n) is 5.66. The number of hydrogen-bond acceptors (Lipinski definition) is 6. The highest BCUT2D eigenvalue weighted by Crippen LogP contribution is 2.22. The van der Waals surface area contributed by atoms with Gasteiger partial charge >= 0.3 is 11.7 Å². The molecule has 0 radical (unpaired) electrons. The minimum absolute atomic E-state index is 0.155. The zero-order valence-corrected chi connectivity index (χ0v) is 10.5. The summed E-state index contributed by atoms with van der Waals surface area (Å²) in [4.78, 5) is 24.7. The van der Waals surface area contributed by atoms with Gasteiger partial charge in [-0.3, -0.25) is 10.1 Å². The van der Waals surface area contributed by atoms with Crippen molar-refractivity contribution in [3.63, 3.8) is 0 Å². The van der Waals surface area contributed by atoms with Crippen molar-refractivity contribution in [2.75, 3.05) is 5.32 Å². The summed E-state index contributed by atoms with van der Waals surface area (Å²) < 4.78 is 0. The summed E-state index contributed by atoms with van der Waals surface area (Å²) in [5, 5.41) is 31.2. The molecular formula is C13H8N4O4. The molecule has 0 atom stereocenters. The number of aromatic nitrogens is 1. The van der Waals surface area contributed by atoms with Gasteiger partial charge in [0.25, 0.3) is 0 Å². The number of carboxylic acids is 1. The Bertz CT molecular complexity index is 750. The number of nitrogens with one attached hydrogen (secondary N) is 1. The van der Waals surface area contributed by atoms with Crippen LogP contribution in [0.15, 0.2) is 36.5 Å². The summed E-state index contributed by atoms with van der Waals surface area (Å²) >= 11 is 0. The second kappa shape index (κ2) is 5.66. The van der Waals surface area contributed by atoms with E-state index >= 15 is 0 Å². The van der Waals surface area contributed by atoms with E-state index in [2.05, 4.69) is 10.3 Å². The molecule has 0 amide bonds. The number of hydrogen-bond donors (Lipinski definition) is 2. The van der Waals surface area contributed by atoms with Gasteiger partial charge in [0.15, 0.2) is 0 Å². The Morgan fingerprint density at radius 2 is 2.05 bits per heavy atom. The van der Waals surface area contributed by atoms with Gasteiger partial charge in [-0.1, -0.05) is 0 Å². The van der Waals surface area contributed by atoms with Gasteiger partial charge < -0.3 is 10.4 Å². The third-order valence-corrected chi connectivity index (χ3v) is 2.60. The van der Waals surface area contributed by atoms with Crippen LogP contribution in [-0.4, -0.2) is 21.0 Å². The number of carboxylic acid groups (broad SMARTS) is 1. The molecule has 0 aliphatic heterocycles. The summed E-state index contributed by atoms with van der Waals surface area (Å²) in [7, 11) is 0. The van der Waals surface area contributed by atoms with Crippen LogP contribution in [0.5, 0.6) is 0 Å². The van der Waals surface area contributed by atoms with E-state index in [0.29, 0.717) is 11.3 Å². The molecule has 0 aliphatic carbocycles. The normalized spacial score (nSPS) is 9.67. The largest absolute Gasteiger partial charge is 0.477 e. The van der Waals surface area contributed by atoms with Crippen molar-refractivity contribution in [3.8, 4) is 6.07 Å². The molecule has 0 bridgehead atoms. The molecule has 0 unspecified atom stereocenters. The van der Waals surface area contributed by atoms with E-state index in [1.807, 2.05) is 6.07 Å². The van der Waals surface area contributed by atoms with E-state index in [0.717, 1.165) is 12.3 Å². The number of rotatable bonds is 4. The van der Waals surface area contributed by atoms with Gasteiger partial charge in [0.05, 0.1) is 16.6 Å². The Morgan fingerprint density at radius 1 is 1.38 bits per heavy atom. The lowest BCUT2D eigenvalue weighted by molar-refractivity contribution is -0.385. The first-order valence-corrected chi connectivity index (χ1v) is 5.66. The molecule has 104 valence electrons. The van der Waals surface area contributed by atoms with E-state index in [-0.39, 0.29) is 5.82 Å². The number of nitro groups is 1. The van der Waals surface area contributed by atoms with Gasteiger partial charge in [0, 0.05) is 11.8 Å². The average molecular weight is 284 g/mol. The number of carbonyl (C=O) groups is 1. The summed E-state index contributed by atoms with van der Waals surface area (Å²) in [5.41, 5.74) is 0.0224. The number of aromatic carboxylic acids is 1. The van der Waals surface area contributed by atoms with E-state index < -0.39 is 22.1 Å². The van der Waals surface area contributed by atoms with Gasteiger partial charge in [-0.05, 0) is 24.3 Å². The number of nitriles is 1. The number of nitrogens with zero attached hydrogens (tertiary/aromatic N) is 3. The first kappa shape index (κ1) is 14.0. The molecule has 8 nitrogen and oxygen atoms in total. The Balaban J connectivity index is 2.32. The fourth-order valence-electron chi connectivity index (χ4n) is 1.61. The second-order valence-electron chi connectivity index (χ2n) is 3.96. The van der Waals surface area contributed by atoms with Crippen LogP contribution in [0.3, 0.4) is 0 Å². The highest BCUT2D eigenvalue weighted by molar-refractivity contribution is 5.93. The molecular weight excluding hydrogens is 276 g/mol. The number of pyridine rings is 1. The molecule has 1 aromatic carbocycles. The fourth-order valence-corrected chi connectivity index (χ4v) is 1.61.